The van der Waals surface area contributed by atoms with Crippen LogP contribution in [0.25, 0.3) is 88.5 Å². The number of benzene rings is 8. The summed E-state index contributed by atoms with van der Waals surface area (Å²) in [5, 5.41) is 7.68. The normalized spacial score (nSPS) is 11.3. The summed E-state index contributed by atoms with van der Waals surface area (Å²) >= 11 is 0. The highest BCUT2D eigenvalue weighted by Gasteiger charge is 2.20. The summed E-state index contributed by atoms with van der Waals surface area (Å²) in [6, 6.07) is 64.3. The van der Waals surface area contributed by atoms with Gasteiger partial charge in [-0.2, -0.15) is 0 Å². The van der Waals surface area contributed by atoms with Crippen molar-refractivity contribution in [1.29, 1.82) is 0 Å². The molecule has 48 heavy (non-hydrogen) atoms. The van der Waals surface area contributed by atoms with Crippen LogP contribution in [0.1, 0.15) is 0 Å². The fourth-order valence-electron chi connectivity index (χ4n) is 6.98. The van der Waals surface area contributed by atoms with Gasteiger partial charge in [0.05, 0.1) is 11.4 Å². The molecule has 0 unspecified atom stereocenters. The molecule has 0 fully saturated rings. The molecule has 9 rings (SSSR count). The molecule has 9 aromatic rings. The molecule has 0 bridgehead atoms. The standard InChI is InChI=1S/C46H30N2/c1-4-14-32(15-5-1)43-44(33-16-6-2-7-17-33)47-46(48-45(43)34-18-8-3-9-19-34)35-26-24-31(25-27-35)36-28-29-41-39-22-11-10-20-37(39)38-21-12-13-23-40(38)42(41)30-36/h1-30H. The summed E-state index contributed by atoms with van der Waals surface area (Å²) in [7, 11) is 0. The number of nitrogens with zero attached hydrogens (tertiary/aromatic N) is 2. The lowest BCUT2D eigenvalue weighted by atomic mass is 9.92. The van der Waals surface area contributed by atoms with Crippen molar-refractivity contribution in [3.8, 4) is 56.2 Å². The van der Waals surface area contributed by atoms with Gasteiger partial charge in [0.1, 0.15) is 0 Å². The van der Waals surface area contributed by atoms with Crippen LogP contribution >= 0.6 is 0 Å². The van der Waals surface area contributed by atoms with E-state index in [1.807, 2.05) is 18.2 Å². The van der Waals surface area contributed by atoms with Gasteiger partial charge in [-0.25, -0.2) is 9.97 Å². The van der Waals surface area contributed by atoms with Crippen LogP contribution in [0.4, 0.5) is 0 Å². The first-order valence-corrected chi connectivity index (χ1v) is 16.3. The Kier molecular flexibility index (Phi) is 6.84. The average molecular weight is 611 g/mol. The molecule has 0 saturated heterocycles. The largest absolute Gasteiger partial charge is 0.227 e. The Morgan fingerprint density at radius 3 is 1.12 bits per heavy atom. The molecule has 1 aromatic heterocycles. The minimum atomic E-state index is 0.704. The van der Waals surface area contributed by atoms with Gasteiger partial charge in [-0.3, -0.25) is 0 Å². The molecule has 0 N–H and O–H groups in total. The maximum Gasteiger partial charge on any atom is 0.160 e. The summed E-state index contributed by atoms with van der Waals surface area (Å²) in [6.07, 6.45) is 0. The predicted octanol–water partition coefficient (Wildman–Crippen LogP) is 12.3. The quantitative estimate of drug-likeness (QED) is 0.181. The summed E-state index contributed by atoms with van der Waals surface area (Å²) in [5.74, 6) is 0.704. The molecule has 0 atom stereocenters. The van der Waals surface area contributed by atoms with Gasteiger partial charge in [0.25, 0.3) is 0 Å². The van der Waals surface area contributed by atoms with Gasteiger partial charge in [-0.1, -0.05) is 176 Å². The fourth-order valence-corrected chi connectivity index (χ4v) is 6.98. The van der Waals surface area contributed by atoms with E-state index in [0.29, 0.717) is 5.82 Å². The Labute approximate surface area is 279 Å². The minimum absolute atomic E-state index is 0.704. The van der Waals surface area contributed by atoms with Crippen LogP contribution in [0.5, 0.6) is 0 Å². The molecule has 0 radical (unpaired) electrons. The van der Waals surface area contributed by atoms with Crippen molar-refractivity contribution >= 4 is 32.3 Å². The highest BCUT2D eigenvalue weighted by atomic mass is 14.9. The van der Waals surface area contributed by atoms with E-state index in [4.69, 9.17) is 9.97 Å². The van der Waals surface area contributed by atoms with Crippen LogP contribution in [0, 0.1) is 0 Å². The number of hydrogen-bond acceptors (Lipinski definition) is 2. The second-order valence-electron chi connectivity index (χ2n) is 12.1. The zero-order valence-electron chi connectivity index (χ0n) is 26.2. The van der Waals surface area contributed by atoms with E-state index >= 15 is 0 Å². The summed E-state index contributed by atoms with van der Waals surface area (Å²) < 4.78 is 0. The molecule has 2 nitrogen and oxygen atoms in total. The summed E-state index contributed by atoms with van der Waals surface area (Å²) in [5.41, 5.74) is 9.40. The minimum Gasteiger partial charge on any atom is -0.227 e. The highest BCUT2D eigenvalue weighted by molar-refractivity contribution is 6.25. The lowest BCUT2D eigenvalue weighted by Crippen LogP contribution is -2.00. The summed E-state index contributed by atoms with van der Waals surface area (Å²) in [4.78, 5) is 10.5. The fraction of sp³-hybridized carbons (Fsp3) is 0. The average Bonchev–Trinajstić information content (AvgIpc) is 3.18. The van der Waals surface area contributed by atoms with E-state index < -0.39 is 0 Å². The van der Waals surface area contributed by atoms with Gasteiger partial charge in [0.2, 0.25) is 0 Å². The van der Waals surface area contributed by atoms with Gasteiger partial charge in [0, 0.05) is 22.3 Å². The van der Waals surface area contributed by atoms with Crippen molar-refractivity contribution in [3.63, 3.8) is 0 Å². The van der Waals surface area contributed by atoms with Gasteiger partial charge >= 0.3 is 0 Å². The van der Waals surface area contributed by atoms with Crippen LogP contribution in [-0.2, 0) is 0 Å². The predicted molar refractivity (Wildman–Crippen MR) is 202 cm³/mol. The van der Waals surface area contributed by atoms with E-state index in [2.05, 4.69) is 164 Å². The number of rotatable bonds is 5. The van der Waals surface area contributed by atoms with Crippen LogP contribution in [0.2, 0.25) is 0 Å². The highest BCUT2D eigenvalue weighted by Crippen LogP contribution is 2.40. The molecule has 0 aliphatic carbocycles. The van der Waals surface area contributed by atoms with Crippen LogP contribution in [-0.4, -0.2) is 9.97 Å². The molecule has 224 valence electrons. The van der Waals surface area contributed by atoms with E-state index in [1.165, 1.54) is 37.9 Å². The molecule has 0 aliphatic heterocycles. The van der Waals surface area contributed by atoms with Crippen LogP contribution in [0.15, 0.2) is 182 Å². The first-order valence-electron chi connectivity index (χ1n) is 16.3. The molecule has 0 spiro atoms. The smallest absolute Gasteiger partial charge is 0.160 e. The zero-order valence-corrected chi connectivity index (χ0v) is 26.2. The second kappa shape index (κ2) is 11.8. The van der Waals surface area contributed by atoms with Gasteiger partial charge < -0.3 is 0 Å². The molecule has 0 saturated carbocycles. The Hall–Kier alpha value is -6.38. The maximum atomic E-state index is 5.27. The third kappa shape index (κ3) is 4.83. The van der Waals surface area contributed by atoms with Gasteiger partial charge in [-0.05, 0) is 55.1 Å². The van der Waals surface area contributed by atoms with Gasteiger partial charge in [-0.15, -0.1) is 0 Å². The van der Waals surface area contributed by atoms with Crippen molar-refractivity contribution < 1.29 is 0 Å². The third-order valence-electron chi connectivity index (χ3n) is 9.29. The van der Waals surface area contributed by atoms with Crippen molar-refractivity contribution in [2.75, 3.05) is 0 Å². The zero-order chi connectivity index (χ0) is 31.9. The monoisotopic (exact) mass is 610 g/mol. The number of fused-ring (bicyclic) bond motifs is 6. The SMILES string of the molecule is c1ccc(-c2nc(-c3ccc(-c4ccc5c6ccccc6c6ccccc6c5c4)cc3)nc(-c3ccccc3)c2-c2ccccc2)cc1. The molecular weight excluding hydrogens is 581 g/mol. The first-order chi connectivity index (χ1) is 23.8. The van der Waals surface area contributed by atoms with Crippen LogP contribution in [0.3, 0.4) is 0 Å². The molecule has 0 aliphatic rings. The third-order valence-corrected chi connectivity index (χ3v) is 9.29. The maximum absolute atomic E-state index is 5.27. The molecular formula is C46H30N2. The van der Waals surface area contributed by atoms with Crippen molar-refractivity contribution in [2.45, 2.75) is 0 Å². The lowest BCUT2D eigenvalue weighted by molar-refractivity contribution is 1.18. The Bertz CT molecular complexity index is 2480. The van der Waals surface area contributed by atoms with Crippen LogP contribution < -0.4 is 0 Å². The van der Waals surface area contributed by atoms with E-state index in [-0.39, 0.29) is 0 Å². The second-order valence-corrected chi connectivity index (χ2v) is 12.1. The van der Waals surface area contributed by atoms with Crippen molar-refractivity contribution in [2.24, 2.45) is 0 Å². The van der Waals surface area contributed by atoms with Gasteiger partial charge in [0.15, 0.2) is 5.82 Å². The number of hydrogen-bond donors (Lipinski definition) is 0. The molecule has 1 heterocycles. The Balaban J connectivity index is 1.20. The Morgan fingerprint density at radius 2 is 0.625 bits per heavy atom. The molecule has 2 heteroatoms. The summed E-state index contributed by atoms with van der Waals surface area (Å²) in [6.45, 7) is 0. The van der Waals surface area contributed by atoms with Crippen molar-refractivity contribution in [1.82, 2.24) is 9.97 Å². The molecule has 0 amide bonds. The van der Waals surface area contributed by atoms with E-state index in [0.717, 1.165) is 44.8 Å². The topological polar surface area (TPSA) is 25.8 Å². The first kappa shape index (κ1) is 27.9. The Morgan fingerprint density at radius 1 is 0.250 bits per heavy atom. The lowest BCUT2D eigenvalue weighted by Gasteiger charge is -2.17. The molecule has 8 aromatic carbocycles. The van der Waals surface area contributed by atoms with E-state index in [9.17, 15) is 0 Å². The van der Waals surface area contributed by atoms with Crippen molar-refractivity contribution in [3.05, 3.63) is 182 Å². The number of aromatic nitrogens is 2. The van der Waals surface area contributed by atoms with E-state index in [1.54, 1.807) is 0 Å².